The van der Waals surface area contributed by atoms with Gasteiger partial charge in [-0.1, -0.05) is 24.3 Å². The number of hydrogen-bond acceptors (Lipinski definition) is 5. The van der Waals surface area contributed by atoms with E-state index in [1.165, 1.54) is 25.6 Å². The molecule has 0 spiro atoms. The van der Waals surface area contributed by atoms with Crippen LogP contribution in [-0.2, 0) is 6.54 Å². The molecule has 1 N–H and O–H groups in total. The van der Waals surface area contributed by atoms with E-state index in [4.69, 9.17) is 4.74 Å². The normalized spacial score (nSPS) is 10.8. The zero-order valence-corrected chi connectivity index (χ0v) is 17.6. The summed E-state index contributed by atoms with van der Waals surface area (Å²) in [5.41, 5.74) is 2.92. The molecule has 1 aromatic heterocycles. The van der Waals surface area contributed by atoms with E-state index >= 15 is 0 Å². The third-order valence-corrected chi connectivity index (χ3v) is 4.88. The molecule has 7 nitrogen and oxygen atoms in total. The van der Waals surface area contributed by atoms with Crippen LogP contribution >= 0.6 is 0 Å². The van der Waals surface area contributed by atoms with Crippen LogP contribution in [0.3, 0.4) is 0 Å². The van der Waals surface area contributed by atoms with Gasteiger partial charge in [-0.3, -0.25) is 4.79 Å². The summed E-state index contributed by atoms with van der Waals surface area (Å²) < 4.78 is 37.3. The first-order valence-corrected chi connectivity index (χ1v) is 9.98. The molecule has 9 heteroatoms. The van der Waals surface area contributed by atoms with Crippen molar-refractivity contribution in [1.29, 1.82) is 0 Å². The molecule has 0 unspecified atom stereocenters. The van der Waals surface area contributed by atoms with Gasteiger partial charge in [0.05, 0.1) is 13.7 Å². The number of rotatable bonds is 8. The number of methoxy groups -OCH3 is 1. The maximum atomic E-state index is 12.9. The molecule has 1 heterocycles. The third kappa shape index (κ3) is 5.51. The molecule has 33 heavy (non-hydrogen) atoms. The molecule has 4 aromatic rings. The quantitative estimate of drug-likeness (QED) is 0.415. The van der Waals surface area contributed by atoms with Crippen LogP contribution in [0.2, 0.25) is 0 Å². The average molecular weight is 450 g/mol. The van der Waals surface area contributed by atoms with Crippen LogP contribution in [0, 0.1) is 0 Å². The van der Waals surface area contributed by atoms with Crippen LogP contribution in [-0.4, -0.2) is 34.4 Å². The number of halogens is 2. The summed E-state index contributed by atoms with van der Waals surface area (Å²) >= 11 is 0. The molecule has 0 radical (unpaired) electrons. The molecular weight excluding hydrogens is 430 g/mol. The number of aromatic nitrogens is 3. The highest BCUT2D eigenvalue weighted by molar-refractivity contribution is 6.04. The minimum atomic E-state index is -2.97. The Bertz CT molecular complexity index is 1210. The lowest BCUT2D eigenvalue weighted by Gasteiger charge is -2.14. The van der Waals surface area contributed by atoms with E-state index in [1.54, 1.807) is 53.5 Å². The Morgan fingerprint density at radius 2 is 1.82 bits per heavy atom. The first-order chi connectivity index (χ1) is 16.0. The van der Waals surface area contributed by atoms with E-state index in [0.29, 0.717) is 34.7 Å². The first-order valence-electron chi connectivity index (χ1n) is 9.98. The van der Waals surface area contributed by atoms with Crippen LogP contribution in [0.25, 0.3) is 11.1 Å². The molecule has 0 fully saturated rings. The molecule has 0 saturated carbocycles. The number of anilines is 1. The van der Waals surface area contributed by atoms with Gasteiger partial charge in [0.1, 0.15) is 24.2 Å². The van der Waals surface area contributed by atoms with Gasteiger partial charge in [0.15, 0.2) is 0 Å². The van der Waals surface area contributed by atoms with E-state index in [9.17, 15) is 13.6 Å². The summed E-state index contributed by atoms with van der Waals surface area (Å²) in [5.74, 6) is 0.308. The average Bonchev–Trinajstić information content (AvgIpc) is 3.33. The van der Waals surface area contributed by atoms with Gasteiger partial charge in [0.2, 0.25) is 0 Å². The molecule has 1 amide bonds. The van der Waals surface area contributed by atoms with Crippen LogP contribution < -0.4 is 14.8 Å². The van der Waals surface area contributed by atoms with Gasteiger partial charge in [0, 0.05) is 16.8 Å². The summed E-state index contributed by atoms with van der Waals surface area (Å²) in [6.45, 7) is -2.43. The lowest BCUT2D eigenvalue weighted by molar-refractivity contribution is -0.0494. The van der Waals surface area contributed by atoms with Gasteiger partial charge in [0.25, 0.3) is 5.91 Å². The highest BCUT2D eigenvalue weighted by Crippen LogP contribution is 2.34. The van der Waals surface area contributed by atoms with E-state index in [-0.39, 0.29) is 11.7 Å². The monoisotopic (exact) mass is 450 g/mol. The fourth-order valence-electron chi connectivity index (χ4n) is 3.27. The van der Waals surface area contributed by atoms with Crippen molar-refractivity contribution in [3.8, 4) is 22.6 Å². The molecule has 0 aliphatic rings. The van der Waals surface area contributed by atoms with Crippen molar-refractivity contribution in [2.45, 2.75) is 13.2 Å². The second-order valence-electron chi connectivity index (χ2n) is 7.06. The van der Waals surface area contributed by atoms with E-state index < -0.39 is 6.61 Å². The van der Waals surface area contributed by atoms with E-state index in [0.717, 1.165) is 5.56 Å². The number of amides is 1. The maximum Gasteiger partial charge on any atom is 0.387 e. The molecule has 3 aromatic carbocycles. The number of alkyl halides is 2. The molecule has 0 bridgehead atoms. The molecule has 0 atom stereocenters. The Morgan fingerprint density at radius 1 is 1.06 bits per heavy atom. The predicted octanol–water partition coefficient (Wildman–Crippen LogP) is 4.86. The molecular formula is C24H20F2N4O3. The summed E-state index contributed by atoms with van der Waals surface area (Å²) in [6.07, 6.45) is 3.07. The SMILES string of the molecule is COc1ccc(-c2cc(NC(=O)c3ccc(Cn4cncn4)cc3)ccc2OC(F)F)cc1. The van der Waals surface area contributed by atoms with Crippen molar-refractivity contribution < 1.29 is 23.0 Å². The number of carbonyl (C=O) groups is 1. The van der Waals surface area contributed by atoms with Crippen LogP contribution in [0.4, 0.5) is 14.5 Å². The van der Waals surface area contributed by atoms with Gasteiger partial charge in [-0.05, 0) is 53.6 Å². The Balaban J connectivity index is 1.53. The number of benzene rings is 3. The van der Waals surface area contributed by atoms with E-state index in [2.05, 4.69) is 20.1 Å². The fourth-order valence-corrected chi connectivity index (χ4v) is 3.27. The Morgan fingerprint density at radius 3 is 2.45 bits per heavy atom. The summed E-state index contributed by atoms with van der Waals surface area (Å²) in [5, 5.41) is 6.86. The minimum Gasteiger partial charge on any atom is -0.497 e. The number of carbonyl (C=O) groups excluding carboxylic acids is 1. The molecule has 0 aliphatic heterocycles. The Hall–Kier alpha value is -4.27. The summed E-state index contributed by atoms with van der Waals surface area (Å²) in [7, 11) is 1.54. The Labute approximate surface area is 188 Å². The predicted molar refractivity (Wildman–Crippen MR) is 119 cm³/mol. The standard InChI is InChI=1S/C24H20F2N4O3/c1-32-20-9-6-17(7-10-20)21-12-19(8-11-22(21)33-24(25)26)29-23(31)18-4-2-16(3-5-18)13-30-15-27-14-28-30/h2-12,14-15,24H,13H2,1H3,(H,29,31). The van der Waals surface area contributed by atoms with E-state index in [1.807, 2.05) is 12.1 Å². The lowest BCUT2D eigenvalue weighted by atomic mass is 10.0. The van der Waals surface area contributed by atoms with Crippen LogP contribution in [0.15, 0.2) is 79.4 Å². The number of nitrogens with zero attached hydrogens (tertiary/aromatic N) is 3. The fraction of sp³-hybridized carbons (Fsp3) is 0.125. The number of nitrogens with one attached hydrogen (secondary N) is 1. The largest absolute Gasteiger partial charge is 0.497 e. The van der Waals surface area contributed by atoms with Crippen LogP contribution in [0.5, 0.6) is 11.5 Å². The first kappa shape index (κ1) is 21.9. The van der Waals surface area contributed by atoms with Crippen molar-refractivity contribution in [1.82, 2.24) is 14.8 Å². The van der Waals surface area contributed by atoms with Crippen LogP contribution in [0.1, 0.15) is 15.9 Å². The van der Waals surface area contributed by atoms with Gasteiger partial charge >= 0.3 is 6.61 Å². The molecule has 0 saturated heterocycles. The zero-order valence-electron chi connectivity index (χ0n) is 17.6. The van der Waals surface area contributed by atoms with Crippen molar-refractivity contribution in [3.05, 3.63) is 90.5 Å². The number of hydrogen-bond donors (Lipinski definition) is 1. The smallest absolute Gasteiger partial charge is 0.387 e. The summed E-state index contributed by atoms with van der Waals surface area (Å²) in [4.78, 5) is 16.6. The second kappa shape index (κ2) is 9.90. The maximum absolute atomic E-state index is 12.9. The molecule has 0 aliphatic carbocycles. The van der Waals surface area contributed by atoms with Gasteiger partial charge in [-0.15, -0.1) is 0 Å². The van der Waals surface area contributed by atoms with Gasteiger partial charge in [-0.25, -0.2) is 9.67 Å². The Kier molecular flexibility index (Phi) is 6.58. The topological polar surface area (TPSA) is 78.3 Å². The van der Waals surface area contributed by atoms with Crippen molar-refractivity contribution in [2.24, 2.45) is 0 Å². The molecule has 4 rings (SSSR count). The van der Waals surface area contributed by atoms with Gasteiger partial charge in [-0.2, -0.15) is 13.9 Å². The van der Waals surface area contributed by atoms with Crippen molar-refractivity contribution in [3.63, 3.8) is 0 Å². The highest BCUT2D eigenvalue weighted by atomic mass is 19.3. The highest BCUT2D eigenvalue weighted by Gasteiger charge is 2.14. The van der Waals surface area contributed by atoms with Crippen molar-refractivity contribution in [2.75, 3.05) is 12.4 Å². The lowest BCUT2D eigenvalue weighted by Crippen LogP contribution is -2.12. The second-order valence-corrected chi connectivity index (χ2v) is 7.06. The molecule has 168 valence electrons. The zero-order chi connectivity index (χ0) is 23.2. The third-order valence-electron chi connectivity index (χ3n) is 4.88. The van der Waals surface area contributed by atoms with Gasteiger partial charge < -0.3 is 14.8 Å². The summed E-state index contributed by atoms with van der Waals surface area (Å²) in [6, 6.07) is 18.5. The minimum absolute atomic E-state index is 0.00521. The van der Waals surface area contributed by atoms with Crippen molar-refractivity contribution >= 4 is 11.6 Å². The number of ether oxygens (including phenoxy) is 2.